The molecule has 4 nitrogen and oxygen atoms in total. The number of nitrogens with zero attached hydrogens (tertiary/aromatic N) is 1. The van der Waals surface area contributed by atoms with Crippen molar-refractivity contribution in [1.29, 1.82) is 0 Å². The number of nitrogens with one attached hydrogen (secondary N) is 1. The van der Waals surface area contributed by atoms with Gasteiger partial charge < -0.3 is 5.32 Å². The van der Waals surface area contributed by atoms with E-state index in [-0.39, 0.29) is 5.56 Å². The van der Waals surface area contributed by atoms with Crippen molar-refractivity contribution in [2.45, 2.75) is 6.17 Å². The molecule has 1 aliphatic rings. The van der Waals surface area contributed by atoms with E-state index >= 15 is 0 Å². The molecule has 2 N–H and O–H groups in total. The SMILES string of the molecule is O=C1c2ccccc2NC(c2ccccc2F)N1O. The van der Waals surface area contributed by atoms with Crippen LogP contribution in [0.25, 0.3) is 0 Å². The summed E-state index contributed by atoms with van der Waals surface area (Å²) in [6.45, 7) is 0. The molecule has 96 valence electrons. The zero-order valence-electron chi connectivity index (χ0n) is 9.88. The molecule has 1 atom stereocenters. The summed E-state index contributed by atoms with van der Waals surface area (Å²) >= 11 is 0. The smallest absolute Gasteiger partial charge is 0.281 e. The van der Waals surface area contributed by atoms with Crippen molar-refractivity contribution in [3.05, 3.63) is 65.5 Å². The second kappa shape index (κ2) is 4.37. The van der Waals surface area contributed by atoms with Gasteiger partial charge in [-0.25, -0.2) is 4.39 Å². The van der Waals surface area contributed by atoms with Gasteiger partial charge in [0.05, 0.1) is 5.56 Å². The van der Waals surface area contributed by atoms with Crippen LogP contribution in [-0.2, 0) is 0 Å². The predicted octanol–water partition coefficient (Wildman–Crippen LogP) is 2.78. The van der Waals surface area contributed by atoms with Crippen LogP contribution >= 0.6 is 0 Å². The summed E-state index contributed by atoms with van der Waals surface area (Å²) in [5.41, 5.74) is 1.15. The molecule has 2 aromatic carbocycles. The number of hydrogen-bond acceptors (Lipinski definition) is 3. The second-order valence-electron chi connectivity index (χ2n) is 4.26. The van der Waals surface area contributed by atoms with Crippen LogP contribution in [0.15, 0.2) is 48.5 Å². The van der Waals surface area contributed by atoms with E-state index in [1.54, 1.807) is 36.4 Å². The Kier molecular flexibility index (Phi) is 2.68. The fraction of sp³-hybridized carbons (Fsp3) is 0.0714. The molecular formula is C14H11FN2O2. The van der Waals surface area contributed by atoms with Crippen molar-refractivity contribution in [1.82, 2.24) is 5.06 Å². The lowest BCUT2D eigenvalue weighted by Crippen LogP contribution is -2.41. The van der Waals surface area contributed by atoms with Gasteiger partial charge in [-0.05, 0) is 18.2 Å². The highest BCUT2D eigenvalue weighted by atomic mass is 19.1. The molecule has 1 unspecified atom stereocenters. The van der Waals surface area contributed by atoms with Gasteiger partial charge in [0.25, 0.3) is 5.91 Å². The lowest BCUT2D eigenvalue weighted by atomic mass is 10.1. The van der Waals surface area contributed by atoms with Crippen molar-refractivity contribution in [2.75, 3.05) is 5.32 Å². The zero-order valence-corrected chi connectivity index (χ0v) is 9.88. The number of hydroxylamine groups is 2. The van der Waals surface area contributed by atoms with E-state index in [1.807, 2.05) is 0 Å². The van der Waals surface area contributed by atoms with E-state index in [0.29, 0.717) is 16.3 Å². The van der Waals surface area contributed by atoms with E-state index < -0.39 is 17.9 Å². The van der Waals surface area contributed by atoms with E-state index in [9.17, 15) is 14.4 Å². The summed E-state index contributed by atoms with van der Waals surface area (Å²) in [7, 11) is 0. The highest BCUT2D eigenvalue weighted by molar-refractivity contribution is 6.00. The lowest BCUT2D eigenvalue weighted by Gasteiger charge is -2.33. The molecule has 0 aromatic heterocycles. The first kappa shape index (κ1) is 11.7. The molecule has 3 rings (SSSR count). The average molecular weight is 258 g/mol. The van der Waals surface area contributed by atoms with E-state index in [1.165, 1.54) is 12.1 Å². The normalized spacial score (nSPS) is 17.9. The molecule has 1 heterocycles. The summed E-state index contributed by atoms with van der Waals surface area (Å²) in [5, 5.41) is 13.4. The van der Waals surface area contributed by atoms with Crippen molar-refractivity contribution in [2.24, 2.45) is 0 Å². The van der Waals surface area contributed by atoms with E-state index in [0.717, 1.165) is 0 Å². The fourth-order valence-electron chi connectivity index (χ4n) is 2.15. The molecule has 1 aliphatic heterocycles. The third-order valence-electron chi connectivity index (χ3n) is 3.10. The maximum absolute atomic E-state index is 13.8. The molecule has 2 aromatic rings. The Hall–Kier alpha value is -2.40. The average Bonchev–Trinajstić information content (AvgIpc) is 2.44. The number of amides is 1. The number of hydrogen-bond donors (Lipinski definition) is 2. The number of carbonyl (C=O) groups is 1. The Morgan fingerprint density at radius 3 is 2.58 bits per heavy atom. The molecule has 0 saturated carbocycles. The van der Waals surface area contributed by atoms with Gasteiger partial charge in [-0.3, -0.25) is 10.0 Å². The number of fused-ring (bicyclic) bond motifs is 1. The summed E-state index contributed by atoms with van der Waals surface area (Å²) in [6.07, 6.45) is -0.927. The van der Waals surface area contributed by atoms with Gasteiger partial charge in [0.15, 0.2) is 6.17 Å². The molecule has 0 radical (unpaired) electrons. The predicted molar refractivity (Wildman–Crippen MR) is 67.2 cm³/mol. The van der Waals surface area contributed by atoms with Gasteiger partial charge in [-0.1, -0.05) is 30.3 Å². The van der Waals surface area contributed by atoms with Crippen LogP contribution in [0, 0.1) is 5.82 Å². The highest BCUT2D eigenvalue weighted by Gasteiger charge is 2.33. The Morgan fingerprint density at radius 1 is 1.11 bits per heavy atom. The minimum Gasteiger partial charge on any atom is -0.359 e. The van der Waals surface area contributed by atoms with Crippen molar-refractivity contribution >= 4 is 11.6 Å². The molecule has 0 spiro atoms. The van der Waals surface area contributed by atoms with Crippen LogP contribution in [0.5, 0.6) is 0 Å². The molecular weight excluding hydrogens is 247 g/mol. The minimum atomic E-state index is -0.927. The Bertz CT molecular complexity index is 645. The van der Waals surface area contributed by atoms with Crippen LogP contribution in [0.1, 0.15) is 22.1 Å². The maximum atomic E-state index is 13.8. The van der Waals surface area contributed by atoms with Crippen LogP contribution in [-0.4, -0.2) is 16.2 Å². The first-order chi connectivity index (χ1) is 9.18. The van der Waals surface area contributed by atoms with Gasteiger partial charge in [0.2, 0.25) is 0 Å². The van der Waals surface area contributed by atoms with Gasteiger partial charge in [-0.15, -0.1) is 0 Å². The third kappa shape index (κ3) is 1.84. The largest absolute Gasteiger partial charge is 0.359 e. The molecule has 0 aliphatic carbocycles. The minimum absolute atomic E-state index is 0.216. The van der Waals surface area contributed by atoms with E-state index in [2.05, 4.69) is 5.32 Å². The first-order valence-electron chi connectivity index (χ1n) is 5.81. The zero-order chi connectivity index (χ0) is 13.4. The topological polar surface area (TPSA) is 52.6 Å². The summed E-state index contributed by atoms with van der Waals surface area (Å²) in [6, 6.07) is 12.8. The summed E-state index contributed by atoms with van der Waals surface area (Å²) in [4.78, 5) is 12.0. The lowest BCUT2D eigenvalue weighted by molar-refractivity contribution is -0.0858. The van der Waals surface area contributed by atoms with Crippen molar-refractivity contribution in [3.8, 4) is 0 Å². The highest BCUT2D eigenvalue weighted by Crippen LogP contribution is 2.32. The molecule has 5 heteroatoms. The standard InChI is InChI=1S/C14H11FN2O2/c15-11-7-3-1-5-9(11)13-16-12-8-4-2-6-10(12)14(18)17(13)19/h1-8,13,16,19H. The van der Waals surface area contributed by atoms with Gasteiger partial charge >= 0.3 is 0 Å². The maximum Gasteiger partial charge on any atom is 0.281 e. The first-order valence-corrected chi connectivity index (χ1v) is 5.81. The van der Waals surface area contributed by atoms with E-state index in [4.69, 9.17) is 0 Å². The number of para-hydroxylation sites is 1. The quantitative estimate of drug-likeness (QED) is 0.773. The monoisotopic (exact) mass is 258 g/mol. The number of rotatable bonds is 1. The summed E-state index contributed by atoms with van der Waals surface area (Å²) < 4.78 is 13.8. The number of carbonyl (C=O) groups excluding carboxylic acids is 1. The van der Waals surface area contributed by atoms with Crippen LogP contribution in [0.2, 0.25) is 0 Å². The Morgan fingerprint density at radius 2 is 1.79 bits per heavy atom. The van der Waals surface area contributed by atoms with Gasteiger partial charge in [0.1, 0.15) is 5.82 Å². The van der Waals surface area contributed by atoms with Crippen LogP contribution in [0.3, 0.4) is 0 Å². The van der Waals surface area contributed by atoms with Crippen LogP contribution < -0.4 is 5.32 Å². The molecule has 19 heavy (non-hydrogen) atoms. The Labute approximate surface area is 109 Å². The molecule has 0 saturated heterocycles. The van der Waals surface area contributed by atoms with Crippen molar-refractivity contribution in [3.63, 3.8) is 0 Å². The van der Waals surface area contributed by atoms with Crippen molar-refractivity contribution < 1.29 is 14.4 Å². The fourth-order valence-corrected chi connectivity index (χ4v) is 2.15. The number of benzene rings is 2. The molecule has 0 fully saturated rings. The third-order valence-corrected chi connectivity index (χ3v) is 3.10. The Balaban J connectivity index is 2.07. The number of anilines is 1. The number of halogens is 1. The van der Waals surface area contributed by atoms with Gasteiger partial charge in [-0.2, -0.15) is 5.06 Å². The van der Waals surface area contributed by atoms with Gasteiger partial charge in [0, 0.05) is 11.3 Å². The molecule has 1 amide bonds. The summed E-state index contributed by atoms with van der Waals surface area (Å²) in [5.74, 6) is -1.03. The molecule has 0 bridgehead atoms. The second-order valence-corrected chi connectivity index (χ2v) is 4.26. The van der Waals surface area contributed by atoms with Crippen LogP contribution in [0.4, 0.5) is 10.1 Å².